The van der Waals surface area contributed by atoms with E-state index in [9.17, 15) is 5.26 Å². The third-order valence-electron chi connectivity index (χ3n) is 3.60. The van der Waals surface area contributed by atoms with Crippen LogP contribution in [0.25, 0.3) is 16.9 Å². The Balaban J connectivity index is 2.33. The second kappa shape index (κ2) is 5.64. The summed E-state index contributed by atoms with van der Waals surface area (Å²) < 4.78 is 1.97. The van der Waals surface area contributed by atoms with Crippen LogP contribution < -0.4 is 0 Å². The smallest absolute Gasteiger partial charge is 0.137 e. The van der Waals surface area contributed by atoms with Crippen LogP contribution in [0.5, 0.6) is 0 Å². The van der Waals surface area contributed by atoms with Gasteiger partial charge >= 0.3 is 0 Å². The molecule has 1 atom stereocenters. The van der Waals surface area contributed by atoms with E-state index >= 15 is 0 Å². The SMILES string of the molecule is Cc1ccc2nc(-c3ccc(Cl)c(Cl)c3)c(C(C)C#N)n2c1. The van der Waals surface area contributed by atoms with Crippen LogP contribution in [-0.2, 0) is 0 Å². The molecule has 0 amide bonds. The molecule has 2 aromatic heterocycles. The van der Waals surface area contributed by atoms with Crippen molar-refractivity contribution in [2.75, 3.05) is 0 Å². The van der Waals surface area contributed by atoms with Crippen molar-refractivity contribution in [1.29, 1.82) is 5.26 Å². The molecule has 5 heteroatoms. The van der Waals surface area contributed by atoms with Crippen LogP contribution in [0, 0.1) is 18.3 Å². The second-order valence-corrected chi connectivity index (χ2v) is 6.07. The molecular formula is C17H13Cl2N3. The van der Waals surface area contributed by atoms with E-state index in [-0.39, 0.29) is 5.92 Å². The van der Waals surface area contributed by atoms with Crippen LogP contribution in [0.15, 0.2) is 36.5 Å². The van der Waals surface area contributed by atoms with Crippen LogP contribution in [0.2, 0.25) is 10.0 Å². The van der Waals surface area contributed by atoms with Gasteiger partial charge in [-0.2, -0.15) is 5.26 Å². The monoisotopic (exact) mass is 329 g/mol. The molecule has 2 heterocycles. The van der Waals surface area contributed by atoms with Crippen LogP contribution in [0.1, 0.15) is 24.1 Å². The van der Waals surface area contributed by atoms with Gasteiger partial charge in [0, 0.05) is 11.8 Å². The number of nitrogens with zero attached hydrogens (tertiary/aromatic N) is 3. The lowest BCUT2D eigenvalue weighted by atomic mass is 10.0. The molecule has 3 nitrogen and oxygen atoms in total. The summed E-state index contributed by atoms with van der Waals surface area (Å²) in [6.45, 7) is 3.88. The Kier molecular flexibility index (Phi) is 3.82. The minimum atomic E-state index is -0.291. The molecule has 0 aliphatic heterocycles. The van der Waals surface area contributed by atoms with Crippen molar-refractivity contribution >= 4 is 28.8 Å². The number of halogens is 2. The lowest BCUT2D eigenvalue weighted by molar-refractivity contribution is 0.897. The van der Waals surface area contributed by atoms with Gasteiger partial charge in [-0.15, -0.1) is 0 Å². The van der Waals surface area contributed by atoms with Gasteiger partial charge < -0.3 is 4.40 Å². The molecule has 1 aromatic carbocycles. The number of hydrogen-bond acceptors (Lipinski definition) is 2. The van der Waals surface area contributed by atoms with Crippen molar-refractivity contribution in [2.45, 2.75) is 19.8 Å². The molecule has 0 fully saturated rings. The molecule has 3 rings (SSSR count). The molecule has 22 heavy (non-hydrogen) atoms. The van der Waals surface area contributed by atoms with Gasteiger partial charge in [-0.3, -0.25) is 0 Å². The molecule has 0 aliphatic rings. The Morgan fingerprint density at radius 3 is 2.64 bits per heavy atom. The van der Waals surface area contributed by atoms with Gasteiger partial charge in [0.1, 0.15) is 5.65 Å². The van der Waals surface area contributed by atoms with E-state index in [4.69, 9.17) is 23.2 Å². The van der Waals surface area contributed by atoms with E-state index in [2.05, 4.69) is 11.1 Å². The first-order chi connectivity index (χ1) is 10.5. The molecule has 0 saturated heterocycles. The van der Waals surface area contributed by atoms with E-state index < -0.39 is 0 Å². The molecule has 0 radical (unpaired) electrons. The number of aromatic nitrogens is 2. The summed E-state index contributed by atoms with van der Waals surface area (Å²) in [5.74, 6) is -0.291. The van der Waals surface area contributed by atoms with Crippen molar-refractivity contribution in [1.82, 2.24) is 9.38 Å². The highest BCUT2D eigenvalue weighted by atomic mass is 35.5. The molecule has 0 bridgehead atoms. The third-order valence-corrected chi connectivity index (χ3v) is 4.34. The average Bonchev–Trinajstić information content (AvgIpc) is 2.87. The summed E-state index contributed by atoms with van der Waals surface area (Å²) in [6, 6.07) is 11.6. The number of benzene rings is 1. The van der Waals surface area contributed by atoms with Gasteiger partial charge in [0.25, 0.3) is 0 Å². The lowest BCUT2D eigenvalue weighted by Crippen LogP contribution is -1.99. The van der Waals surface area contributed by atoms with Gasteiger partial charge in [0.15, 0.2) is 0 Å². The Morgan fingerprint density at radius 2 is 1.95 bits per heavy atom. The number of nitriles is 1. The minimum absolute atomic E-state index is 0.291. The topological polar surface area (TPSA) is 41.1 Å². The lowest BCUT2D eigenvalue weighted by Gasteiger charge is -2.08. The quantitative estimate of drug-likeness (QED) is 0.644. The molecule has 1 unspecified atom stereocenters. The fourth-order valence-electron chi connectivity index (χ4n) is 2.50. The van der Waals surface area contributed by atoms with Gasteiger partial charge in [-0.05, 0) is 37.6 Å². The Labute approximate surface area is 138 Å². The highest BCUT2D eigenvalue weighted by Crippen LogP contribution is 2.33. The van der Waals surface area contributed by atoms with Crippen molar-refractivity contribution < 1.29 is 0 Å². The first-order valence-corrected chi connectivity index (χ1v) is 7.60. The van der Waals surface area contributed by atoms with E-state index in [1.807, 2.05) is 42.6 Å². The first kappa shape index (κ1) is 14.9. The van der Waals surface area contributed by atoms with Gasteiger partial charge in [0.05, 0.1) is 33.4 Å². The zero-order valence-electron chi connectivity index (χ0n) is 12.1. The van der Waals surface area contributed by atoms with Crippen molar-refractivity contribution in [3.63, 3.8) is 0 Å². The molecule has 110 valence electrons. The molecule has 0 saturated carbocycles. The fourth-order valence-corrected chi connectivity index (χ4v) is 2.80. The summed E-state index contributed by atoms with van der Waals surface area (Å²) in [5, 5.41) is 10.3. The van der Waals surface area contributed by atoms with Gasteiger partial charge in [-0.1, -0.05) is 35.3 Å². The maximum Gasteiger partial charge on any atom is 0.137 e. The number of aryl methyl sites for hydroxylation is 1. The number of hydrogen-bond donors (Lipinski definition) is 0. The molecule has 0 N–H and O–H groups in total. The first-order valence-electron chi connectivity index (χ1n) is 6.85. The summed E-state index contributed by atoms with van der Waals surface area (Å²) in [4.78, 5) is 4.67. The third kappa shape index (κ3) is 2.45. The predicted molar refractivity (Wildman–Crippen MR) is 89.4 cm³/mol. The highest BCUT2D eigenvalue weighted by Gasteiger charge is 2.19. The maximum atomic E-state index is 9.37. The summed E-state index contributed by atoms with van der Waals surface area (Å²) in [5.41, 5.74) is 4.39. The summed E-state index contributed by atoms with van der Waals surface area (Å²) >= 11 is 12.1. The van der Waals surface area contributed by atoms with Gasteiger partial charge in [-0.25, -0.2) is 4.98 Å². The highest BCUT2D eigenvalue weighted by molar-refractivity contribution is 6.42. The number of imidazole rings is 1. The van der Waals surface area contributed by atoms with Crippen LogP contribution >= 0.6 is 23.2 Å². The maximum absolute atomic E-state index is 9.37. The van der Waals surface area contributed by atoms with E-state index in [1.165, 1.54) is 0 Å². The summed E-state index contributed by atoms with van der Waals surface area (Å²) in [7, 11) is 0. The summed E-state index contributed by atoms with van der Waals surface area (Å²) in [6.07, 6.45) is 1.99. The average molecular weight is 330 g/mol. The van der Waals surface area contributed by atoms with Crippen LogP contribution in [0.4, 0.5) is 0 Å². The molecule has 0 aliphatic carbocycles. The van der Waals surface area contributed by atoms with Crippen molar-refractivity contribution in [3.8, 4) is 17.3 Å². The van der Waals surface area contributed by atoms with Crippen molar-refractivity contribution in [2.24, 2.45) is 0 Å². The van der Waals surface area contributed by atoms with E-state index in [0.717, 1.165) is 28.2 Å². The normalized spacial score (nSPS) is 12.3. The van der Waals surface area contributed by atoms with Crippen LogP contribution in [0.3, 0.4) is 0 Å². The Morgan fingerprint density at radius 1 is 1.18 bits per heavy atom. The zero-order chi connectivity index (χ0) is 15.9. The second-order valence-electron chi connectivity index (χ2n) is 5.26. The fraction of sp³-hybridized carbons (Fsp3) is 0.176. The Hall–Kier alpha value is -2.02. The van der Waals surface area contributed by atoms with E-state index in [0.29, 0.717) is 10.0 Å². The minimum Gasteiger partial charge on any atom is -0.302 e. The largest absolute Gasteiger partial charge is 0.302 e. The number of rotatable bonds is 2. The molecular weight excluding hydrogens is 317 g/mol. The number of fused-ring (bicyclic) bond motifs is 1. The van der Waals surface area contributed by atoms with E-state index in [1.54, 1.807) is 12.1 Å². The predicted octanol–water partition coefficient (Wildman–Crippen LogP) is 5.24. The van der Waals surface area contributed by atoms with Gasteiger partial charge in [0.2, 0.25) is 0 Å². The van der Waals surface area contributed by atoms with Crippen molar-refractivity contribution in [3.05, 3.63) is 57.8 Å². The molecule has 0 spiro atoms. The molecule has 3 aromatic rings. The Bertz CT molecular complexity index is 906. The number of pyridine rings is 1. The standard InChI is InChI=1S/C17H13Cl2N3/c1-10-3-6-15-21-16(12-4-5-13(18)14(19)7-12)17(11(2)8-20)22(15)9-10/h3-7,9,11H,1-2H3. The zero-order valence-corrected chi connectivity index (χ0v) is 13.7. The van der Waals surface area contributed by atoms with Crippen LogP contribution in [-0.4, -0.2) is 9.38 Å².